The Morgan fingerprint density at radius 1 is 1.22 bits per heavy atom. The Balaban J connectivity index is 1.77. The quantitative estimate of drug-likeness (QED) is 0.528. The van der Waals surface area contributed by atoms with Crippen molar-refractivity contribution in [2.45, 2.75) is 5.92 Å². The van der Waals surface area contributed by atoms with Gasteiger partial charge in [0.1, 0.15) is 10.8 Å². The summed E-state index contributed by atoms with van der Waals surface area (Å²) in [7, 11) is 1.61. The number of rotatable bonds is 6. The molecule has 0 saturated carbocycles. The normalized spacial score (nSPS) is 11.9. The number of nitriles is 1. The van der Waals surface area contributed by atoms with E-state index >= 15 is 0 Å². The number of thiazole rings is 1. The summed E-state index contributed by atoms with van der Waals surface area (Å²) in [6.07, 6.45) is 3.08. The van der Waals surface area contributed by atoms with Crippen LogP contribution >= 0.6 is 22.9 Å². The first-order valence-corrected chi connectivity index (χ1v) is 9.33. The predicted octanol–water partition coefficient (Wildman–Crippen LogP) is 5.36. The molecule has 0 spiro atoms. The molecule has 0 aliphatic rings. The molecule has 0 aliphatic carbocycles. The van der Waals surface area contributed by atoms with Crippen molar-refractivity contribution in [2.75, 3.05) is 7.11 Å². The summed E-state index contributed by atoms with van der Waals surface area (Å²) in [5.41, 5.74) is 2.47. The average molecular weight is 395 g/mol. The summed E-state index contributed by atoms with van der Waals surface area (Å²) in [6, 6.07) is 16.6. The van der Waals surface area contributed by atoms with Crippen molar-refractivity contribution in [3.63, 3.8) is 0 Å². The molecule has 0 fully saturated rings. The minimum Gasteiger partial charge on any atom is -0.497 e. The third-order valence-corrected chi connectivity index (χ3v) is 5.04. The number of hydrogen-bond donors (Lipinski definition) is 0. The second-order valence-electron chi connectivity index (χ2n) is 5.65. The number of methoxy groups -OCH3 is 1. The van der Waals surface area contributed by atoms with Crippen LogP contribution in [-0.2, 0) is 4.79 Å². The second kappa shape index (κ2) is 8.63. The number of ether oxygens (including phenoxy) is 1. The number of benzene rings is 2. The molecule has 4 nitrogen and oxygen atoms in total. The Morgan fingerprint density at radius 2 is 1.93 bits per heavy atom. The van der Waals surface area contributed by atoms with E-state index in [1.807, 2.05) is 29.6 Å². The van der Waals surface area contributed by atoms with Crippen molar-refractivity contribution in [2.24, 2.45) is 0 Å². The molecule has 0 amide bonds. The number of ketones is 1. The van der Waals surface area contributed by atoms with Crippen LogP contribution in [-0.4, -0.2) is 17.9 Å². The van der Waals surface area contributed by atoms with Crippen molar-refractivity contribution >= 4 is 34.8 Å². The first-order valence-electron chi connectivity index (χ1n) is 8.07. The highest BCUT2D eigenvalue weighted by molar-refractivity contribution is 7.10. The Labute approximate surface area is 166 Å². The van der Waals surface area contributed by atoms with Gasteiger partial charge in [-0.05, 0) is 48.0 Å². The van der Waals surface area contributed by atoms with E-state index in [-0.39, 0.29) is 5.78 Å². The lowest BCUT2D eigenvalue weighted by Gasteiger charge is -2.02. The standard InChI is InChI=1S/C21H15ClN2O2S/c1-26-17-9-5-15(6-10-17)19-13-27-21(24-19)18(12-23)20(25)11-4-14-2-7-16(22)8-3-14/h2-11,13,18H,1H3/b11-4+. The van der Waals surface area contributed by atoms with Gasteiger partial charge in [-0.1, -0.05) is 29.8 Å². The Bertz CT molecular complexity index is 1000. The molecule has 0 aliphatic heterocycles. The van der Waals surface area contributed by atoms with Crippen LogP contribution in [0.4, 0.5) is 0 Å². The molecule has 1 heterocycles. The minimum absolute atomic E-state index is 0.303. The van der Waals surface area contributed by atoms with Gasteiger partial charge in [0.05, 0.1) is 18.9 Å². The van der Waals surface area contributed by atoms with E-state index in [2.05, 4.69) is 11.1 Å². The molecule has 1 atom stereocenters. The maximum Gasteiger partial charge on any atom is 0.179 e. The molecule has 3 aromatic rings. The Morgan fingerprint density at radius 3 is 2.56 bits per heavy atom. The highest BCUT2D eigenvalue weighted by Crippen LogP contribution is 2.28. The van der Waals surface area contributed by atoms with Crippen LogP contribution < -0.4 is 4.74 Å². The van der Waals surface area contributed by atoms with Gasteiger partial charge < -0.3 is 4.74 Å². The van der Waals surface area contributed by atoms with Crippen LogP contribution in [0, 0.1) is 11.3 Å². The molecule has 27 heavy (non-hydrogen) atoms. The second-order valence-corrected chi connectivity index (χ2v) is 6.97. The predicted molar refractivity (Wildman–Crippen MR) is 108 cm³/mol. The van der Waals surface area contributed by atoms with Gasteiger partial charge in [-0.3, -0.25) is 4.79 Å². The third-order valence-electron chi connectivity index (χ3n) is 3.88. The van der Waals surface area contributed by atoms with E-state index in [1.165, 1.54) is 17.4 Å². The number of nitrogens with zero attached hydrogens (tertiary/aromatic N) is 2. The number of allylic oxidation sites excluding steroid dienone is 1. The number of aromatic nitrogens is 1. The SMILES string of the molecule is COc1ccc(-c2csc(C(C#N)C(=O)/C=C/c3ccc(Cl)cc3)n2)cc1. The molecule has 1 aromatic heterocycles. The fourth-order valence-electron chi connectivity index (χ4n) is 2.40. The van der Waals surface area contributed by atoms with Gasteiger partial charge in [0, 0.05) is 16.0 Å². The third kappa shape index (κ3) is 4.62. The zero-order chi connectivity index (χ0) is 19.2. The molecule has 1 unspecified atom stereocenters. The first kappa shape index (κ1) is 18.8. The zero-order valence-electron chi connectivity index (χ0n) is 14.4. The van der Waals surface area contributed by atoms with Gasteiger partial charge in [0.15, 0.2) is 11.7 Å². The van der Waals surface area contributed by atoms with Crippen molar-refractivity contribution in [1.29, 1.82) is 5.26 Å². The van der Waals surface area contributed by atoms with Gasteiger partial charge in [-0.25, -0.2) is 4.98 Å². The Kier molecular flexibility index (Phi) is 6.02. The molecule has 6 heteroatoms. The van der Waals surface area contributed by atoms with Gasteiger partial charge >= 0.3 is 0 Å². The number of carbonyl (C=O) groups excluding carboxylic acids is 1. The van der Waals surface area contributed by atoms with E-state index in [1.54, 1.807) is 37.5 Å². The molecule has 0 bridgehead atoms. The number of halogens is 1. The number of hydrogen-bond acceptors (Lipinski definition) is 5. The van der Waals surface area contributed by atoms with E-state index < -0.39 is 5.92 Å². The summed E-state index contributed by atoms with van der Waals surface area (Å²) in [5, 5.41) is 12.4. The minimum atomic E-state index is -0.925. The van der Waals surface area contributed by atoms with Crippen LogP contribution in [0.2, 0.25) is 5.02 Å². The Hall–Kier alpha value is -2.94. The van der Waals surface area contributed by atoms with Crippen LogP contribution in [0.3, 0.4) is 0 Å². The van der Waals surface area contributed by atoms with Crippen LogP contribution in [0.1, 0.15) is 16.5 Å². The van der Waals surface area contributed by atoms with Crippen molar-refractivity contribution in [1.82, 2.24) is 4.98 Å². The summed E-state index contributed by atoms with van der Waals surface area (Å²) in [6.45, 7) is 0. The molecule has 2 aromatic carbocycles. The largest absolute Gasteiger partial charge is 0.497 e. The van der Waals surface area contributed by atoms with Crippen molar-refractivity contribution < 1.29 is 9.53 Å². The lowest BCUT2D eigenvalue weighted by Crippen LogP contribution is -2.07. The molecule has 0 saturated heterocycles. The zero-order valence-corrected chi connectivity index (χ0v) is 16.0. The van der Waals surface area contributed by atoms with Gasteiger partial charge in [0.25, 0.3) is 0 Å². The fourth-order valence-corrected chi connectivity index (χ4v) is 3.41. The van der Waals surface area contributed by atoms with Crippen LogP contribution in [0.25, 0.3) is 17.3 Å². The van der Waals surface area contributed by atoms with Crippen molar-refractivity contribution in [3.8, 4) is 23.1 Å². The molecular weight excluding hydrogens is 380 g/mol. The highest BCUT2D eigenvalue weighted by Gasteiger charge is 2.22. The summed E-state index contributed by atoms with van der Waals surface area (Å²) < 4.78 is 5.15. The molecule has 0 N–H and O–H groups in total. The summed E-state index contributed by atoms with van der Waals surface area (Å²) in [5.74, 6) is -0.472. The lowest BCUT2D eigenvalue weighted by atomic mass is 10.1. The van der Waals surface area contributed by atoms with Gasteiger partial charge in [0.2, 0.25) is 0 Å². The van der Waals surface area contributed by atoms with E-state index in [9.17, 15) is 10.1 Å². The fraction of sp³-hybridized carbons (Fsp3) is 0.0952. The van der Waals surface area contributed by atoms with Crippen LogP contribution in [0.5, 0.6) is 5.75 Å². The van der Waals surface area contributed by atoms with Crippen molar-refractivity contribution in [3.05, 3.63) is 75.6 Å². The highest BCUT2D eigenvalue weighted by atomic mass is 35.5. The average Bonchev–Trinajstić information content (AvgIpc) is 3.18. The molecule has 3 rings (SSSR count). The first-order chi connectivity index (χ1) is 13.1. The van der Waals surface area contributed by atoms with Gasteiger partial charge in [-0.2, -0.15) is 5.26 Å². The molecule has 0 radical (unpaired) electrons. The van der Waals surface area contributed by atoms with E-state index in [0.717, 1.165) is 22.6 Å². The summed E-state index contributed by atoms with van der Waals surface area (Å²) in [4.78, 5) is 16.9. The van der Waals surface area contributed by atoms with Crippen LogP contribution in [0.15, 0.2) is 60.0 Å². The maximum absolute atomic E-state index is 12.5. The van der Waals surface area contributed by atoms with Gasteiger partial charge in [-0.15, -0.1) is 11.3 Å². The molecule has 134 valence electrons. The van der Waals surface area contributed by atoms with E-state index in [0.29, 0.717) is 10.0 Å². The van der Waals surface area contributed by atoms with E-state index in [4.69, 9.17) is 16.3 Å². The number of carbonyl (C=O) groups is 1. The smallest absolute Gasteiger partial charge is 0.179 e. The maximum atomic E-state index is 12.5. The topological polar surface area (TPSA) is 63.0 Å². The lowest BCUT2D eigenvalue weighted by molar-refractivity contribution is -0.114. The monoisotopic (exact) mass is 394 g/mol. The molecular formula is C21H15ClN2O2S. The summed E-state index contributed by atoms with van der Waals surface area (Å²) >= 11 is 7.15.